The maximum atomic E-state index is 6.13. The van der Waals surface area contributed by atoms with E-state index in [-0.39, 0.29) is 6.10 Å². The second kappa shape index (κ2) is 5.93. The molecule has 0 saturated heterocycles. The summed E-state index contributed by atoms with van der Waals surface area (Å²) in [5.74, 6) is 0.641. The Morgan fingerprint density at radius 2 is 2.06 bits per heavy atom. The summed E-state index contributed by atoms with van der Waals surface area (Å²) >= 11 is 13.5. The molecule has 18 heavy (non-hydrogen) atoms. The van der Waals surface area contributed by atoms with Gasteiger partial charge in [0.2, 0.25) is 0 Å². The van der Waals surface area contributed by atoms with Crippen molar-refractivity contribution < 1.29 is 4.74 Å². The molecule has 1 aromatic carbocycles. The Morgan fingerprint density at radius 1 is 1.28 bits per heavy atom. The van der Waals surface area contributed by atoms with Crippen LogP contribution in [-0.2, 0) is 0 Å². The smallest absolute Gasteiger partial charge is 0.145 e. The van der Waals surface area contributed by atoms with Crippen molar-refractivity contribution in [2.75, 3.05) is 6.54 Å². The van der Waals surface area contributed by atoms with Crippen LogP contribution >= 0.6 is 34.5 Å². The maximum Gasteiger partial charge on any atom is 0.145 e. The molecule has 2 N–H and O–H groups in total. The Morgan fingerprint density at radius 3 is 2.61 bits per heavy atom. The highest BCUT2D eigenvalue weighted by atomic mass is 35.5. The number of aryl methyl sites for hydroxylation is 1. The molecule has 5 heteroatoms. The zero-order valence-corrected chi connectivity index (χ0v) is 12.1. The van der Waals surface area contributed by atoms with Crippen molar-refractivity contribution in [1.29, 1.82) is 0 Å². The fourth-order valence-corrected chi connectivity index (χ4v) is 2.96. The molecule has 1 unspecified atom stereocenters. The van der Waals surface area contributed by atoms with E-state index in [0.29, 0.717) is 17.3 Å². The first-order chi connectivity index (χ1) is 8.60. The minimum atomic E-state index is -0.220. The highest BCUT2D eigenvalue weighted by molar-refractivity contribution is 7.16. The van der Waals surface area contributed by atoms with Gasteiger partial charge in [0.25, 0.3) is 0 Å². The summed E-state index contributed by atoms with van der Waals surface area (Å²) in [5, 5.41) is 0.594. The molecule has 0 aliphatic rings. The van der Waals surface area contributed by atoms with Crippen LogP contribution in [0.4, 0.5) is 0 Å². The van der Waals surface area contributed by atoms with Gasteiger partial charge in [0.1, 0.15) is 11.9 Å². The van der Waals surface area contributed by atoms with Crippen molar-refractivity contribution in [1.82, 2.24) is 0 Å². The van der Waals surface area contributed by atoms with Gasteiger partial charge in [-0.1, -0.05) is 29.3 Å². The molecule has 0 aliphatic carbocycles. The van der Waals surface area contributed by atoms with E-state index in [4.69, 9.17) is 33.7 Å². The second-order valence-corrected chi connectivity index (χ2v) is 6.07. The molecule has 1 atom stereocenters. The zero-order valence-electron chi connectivity index (χ0n) is 9.82. The first-order valence-corrected chi connectivity index (χ1v) is 7.05. The third kappa shape index (κ3) is 3.18. The monoisotopic (exact) mass is 301 g/mol. The number of hydrogen-bond donors (Lipinski definition) is 1. The molecular formula is C13H13Cl2NOS. The van der Waals surface area contributed by atoms with E-state index in [0.717, 1.165) is 14.8 Å². The first kappa shape index (κ1) is 13.7. The van der Waals surface area contributed by atoms with Crippen LogP contribution in [0.2, 0.25) is 9.36 Å². The lowest BCUT2D eigenvalue weighted by Crippen LogP contribution is -2.17. The molecule has 0 spiro atoms. The molecule has 0 bridgehead atoms. The highest BCUT2D eigenvalue weighted by Gasteiger charge is 2.15. The van der Waals surface area contributed by atoms with E-state index >= 15 is 0 Å². The quantitative estimate of drug-likeness (QED) is 0.906. The first-order valence-electron chi connectivity index (χ1n) is 5.48. The number of ether oxygens (including phenoxy) is 1. The average molecular weight is 302 g/mol. The Bertz CT molecular complexity index is 542. The highest BCUT2D eigenvalue weighted by Crippen LogP contribution is 2.33. The van der Waals surface area contributed by atoms with Gasteiger partial charge in [0, 0.05) is 11.4 Å². The van der Waals surface area contributed by atoms with Crippen LogP contribution in [0.3, 0.4) is 0 Å². The van der Waals surface area contributed by atoms with E-state index in [1.807, 2.05) is 37.3 Å². The molecule has 0 amide bonds. The summed E-state index contributed by atoms with van der Waals surface area (Å²) in [7, 11) is 0. The van der Waals surface area contributed by atoms with Gasteiger partial charge in [0.15, 0.2) is 0 Å². The van der Waals surface area contributed by atoms with Gasteiger partial charge < -0.3 is 10.5 Å². The summed E-state index contributed by atoms with van der Waals surface area (Å²) in [6.07, 6.45) is -0.220. The van der Waals surface area contributed by atoms with Crippen LogP contribution in [0.1, 0.15) is 16.5 Å². The van der Waals surface area contributed by atoms with Gasteiger partial charge in [-0.25, -0.2) is 0 Å². The molecule has 0 fully saturated rings. The van der Waals surface area contributed by atoms with Crippen molar-refractivity contribution in [3.63, 3.8) is 0 Å². The third-order valence-electron chi connectivity index (χ3n) is 2.48. The van der Waals surface area contributed by atoms with Crippen molar-refractivity contribution in [3.8, 4) is 5.75 Å². The fourth-order valence-electron chi connectivity index (χ4n) is 1.58. The second-order valence-electron chi connectivity index (χ2n) is 3.92. The number of hydrogen-bond acceptors (Lipinski definition) is 3. The van der Waals surface area contributed by atoms with Crippen molar-refractivity contribution in [3.05, 3.63) is 50.1 Å². The summed E-state index contributed by atoms with van der Waals surface area (Å²) < 4.78 is 6.57. The van der Waals surface area contributed by atoms with Crippen LogP contribution in [0.15, 0.2) is 30.3 Å². The average Bonchev–Trinajstić information content (AvgIpc) is 2.75. The summed E-state index contributed by atoms with van der Waals surface area (Å²) in [6.45, 7) is 2.36. The lowest BCUT2D eigenvalue weighted by atomic mass is 10.2. The Hall–Kier alpha value is -0.740. The lowest BCUT2D eigenvalue weighted by Gasteiger charge is -2.17. The lowest BCUT2D eigenvalue weighted by molar-refractivity contribution is 0.218. The van der Waals surface area contributed by atoms with Gasteiger partial charge >= 0.3 is 0 Å². The SMILES string of the molecule is Cc1ccc(OC(CN)c2ccc(Cl)s2)c(Cl)c1. The van der Waals surface area contributed by atoms with E-state index in [1.165, 1.54) is 11.3 Å². The Labute approximate surface area is 120 Å². The third-order valence-corrected chi connectivity index (χ3v) is 4.10. The van der Waals surface area contributed by atoms with Gasteiger partial charge in [-0.2, -0.15) is 0 Å². The fraction of sp³-hybridized carbons (Fsp3) is 0.231. The summed E-state index contributed by atoms with van der Waals surface area (Å²) in [6, 6.07) is 9.44. The number of nitrogens with two attached hydrogens (primary N) is 1. The summed E-state index contributed by atoms with van der Waals surface area (Å²) in [4.78, 5) is 0.999. The van der Waals surface area contributed by atoms with Crippen LogP contribution in [-0.4, -0.2) is 6.54 Å². The van der Waals surface area contributed by atoms with Crippen LogP contribution < -0.4 is 10.5 Å². The van der Waals surface area contributed by atoms with Gasteiger partial charge in [0.05, 0.1) is 9.36 Å². The zero-order chi connectivity index (χ0) is 13.1. The predicted molar refractivity (Wildman–Crippen MR) is 77.9 cm³/mol. The molecule has 0 aliphatic heterocycles. The van der Waals surface area contributed by atoms with Gasteiger partial charge in [-0.3, -0.25) is 0 Å². The number of rotatable bonds is 4. The van der Waals surface area contributed by atoms with Crippen molar-refractivity contribution in [2.24, 2.45) is 5.73 Å². The molecule has 96 valence electrons. The van der Waals surface area contributed by atoms with Gasteiger partial charge in [-0.05, 0) is 36.8 Å². The summed E-state index contributed by atoms with van der Waals surface area (Å²) in [5.41, 5.74) is 6.83. The standard InChI is InChI=1S/C13H13Cl2NOS/c1-8-2-3-10(9(14)6-8)17-11(7-16)12-4-5-13(15)18-12/h2-6,11H,7,16H2,1H3. The van der Waals surface area contributed by atoms with Crippen LogP contribution in [0.25, 0.3) is 0 Å². The number of thiophene rings is 1. The Kier molecular flexibility index (Phi) is 4.51. The minimum Gasteiger partial charge on any atom is -0.482 e. The number of halogens is 2. The van der Waals surface area contributed by atoms with E-state index in [2.05, 4.69) is 0 Å². The molecule has 1 heterocycles. The Balaban J connectivity index is 2.20. The van der Waals surface area contributed by atoms with Crippen LogP contribution in [0.5, 0.6) is 5.75 Å². The molecule has 2 rings (SSSR count). The molecule has 0 saturated carbocycles. The largest absolute Gasteiger partial charge is 0.482 e. The molecule has 1 aromatic heterocycles. The molecule has 0 radical (unpaired) electrons. The van der Waals surface area contributed by atoms with E-state index in [9.17, 15) is 0 Å². The van der Waals surface area contributed by atoms with Crippen LogP contribution in [0, 0.1) is 6.92 Å². The molecular weight excluding hydrogens is 289 g/mol. The number of benzene rings is 1. The predicted octanol–water partition coefficient (Wildman–Crippen LogP) is 4.44. The topological polar surface area (TPSA) is 35.2 Å². The normalized spacial score (nSPS) is 12.4. The molecule has 2 aromatic rings. The van der Waals surface area contributed by atoms with Crippen molar-refractivity contribution >= 4 is 34.5 Å². The minimum absolute atomic E-state index is 0.220. The van der Waals surface area contributed by atoms with Crippen molar-refractivity contribution in [2.45, 2.75) is 13.0 Å². The van der Waals surface area contributed by atoms with E-state index < -0.39 is 0 Å². The van der Waals surface area contributed by atoms with Gasteiger partial charge in [-0.15, -0.1) is 11.3 Å². The maximum absolute atomic E-state index is 6.13. The molecule has 2 nitrogen and oxygen atoms in total. The van der Waals surface area contributed by atoms with E-state index in [1.54, 1.807) is 0 Å².